The van der Waals surface area contributed by atoms with Crippen molar-refractivity contribution >= 4 is 21.8 Å². The Kier molecular flexibility index (Phi) is 5.34. The number of amides is 1. The van der Waals surface area contributed by atoms with E-state index in [1.807, 2.05) is 0 Å². The molecule has 4 nitrogen and oxygen atoms in total. The van der Waals surface area contributed by atoms with Crippen LogP contribution in [0.15, 0.2) is 22.8 Å². The van der Waals surface area contributed by atoms with E-state index in [1.165, 1.54) is 12.8 Å². The van der Waals surface area contributed by atoms with Crippen LogP contribution in [-0.2, 0) is 0 Å². The lowest BCUT2D eigenvalue weighted by Gasteiger charge is -2.30. The van der Waals surface area contributed by atoms with Gasteiger partial charge in [0.1, 0.15) is 5.69 Å². The van der Waals surface area contributed by atoms with Gasteiger partial charge < -0.3 is 10.4 Å². The number of pyridine rings is 1. The molecule has 0 spiro atoms. The normalized spacial score (nSPS) is 23.1. The van der Waals surface area contributed by atoms with Gasteiger partial charge in [0.05, 0.1) is 0 Å². The third-order valence-electron chi connectivity index (χ3n) is 3.79. The van der Waals surface area contributed by atoms with Gasteiger partial charge in [-0.05, 0) is 52.7 Å². The number of aliphatic hydroxyl groups excluding tert-OH is 1. The summed E-state index contributed by atoms with van der Waals surface area (Å²) in [6, 6.07) is 3.50. The standard InChI is InChI=1S/C14H19BrN2O2/c15-12-5-6-13(16-8-12)14(19)17-7-10-3-1-2-4-11(10)9-18/h5-6,8,10-11,18H,1-4,7,9H2,(H,17,19). The van der Waals surface area contributed by atoms with Crippen LogP contribution in [0.2, 0.25) is 0 Å². The summed E-state index contributed by atoms with van der Waals surface area (Å²) in [7, 11) is 0. The molecule has 104 valence electrons. The Labute approximate surface area is 121 Å². The van der Waals surface area contributed by atoms with Crippen molar-refractivity contribution in [2.45, 2.75) is 25.7 Å². The van der Waals surface area contributed by atoms with Crippen LogP contribution in [0.1, 0.15) is 36.2 Å². The number of nitrogens with one attached hydrogen (secondary N) is 1. The summed E-state index contributed by atoms with van der Waals surface area (Å²) in [6.45, 7) is 0.846. The number of nitrogens with zero attached hydrogens (tertiary/aromatic N) is 1. The lowest BCUT2D eigenvalue weighted by atomic mass is 9.79. The van der Waals surface area contributed by atoms with E-state index in [0.29, 0.717) is 24.1 Å². The van der Waals surface area contributed by atoms with E-state index in [2.05, 4.69) is 26.2 Å². The Morgan fingerprint density at radius 1 is 1.37 bits per heavy atom. The van der Waals surface area contributed by atoms with Gasteiger partial charge >= 0.3 is 0 Å². The first kappa shape index (κ1) is 14.5. The average molecular weight is 327 g/mol. The molecule has 1 fully saturated rings. The summed E-state index contributed by atoms with van der Waals surface area (Å²) in [5.74, 6) is 0.569. The van der Waals surface area contributed by atoms with Crippen molar-refractivity contribution in [3.05, 3.63) is 28.5 Å². The molecule has 1 amide bonds. The first-order valence-corrected chi connectivity index (χ1v) is 7.50. The van der Waals surface area contributed by atoms with Crippen LogP contribution < -0.4 is 5.32 Å². The molecule has 2 atom stereocenters. The predicted molar refractivity (Wildman–Crippen MR) is 76.8 cm³/mol. The maximum atomic E-state index is 11.9. The second-order valence-electron chi connectivity index (χ2n) is 5.06. The Bertz CT molecular complexity index is 422. The maximum Gasteiger partial charge on any atom is 0.269 e. The number of rotatable bonds is 4. The molecule has 2 N–H and O–H groups in total. The minimum Gasteiger partial charge on any atom is -0.396 e. The number of hydrogen-bond acceptors (Lipinski definition) is 3. The van der Waals surface area contributed by atoms with Crippen molar-refractivity contribution in [1.29, 1.82) is 0 Å². The highest BCUT2D eigenvalue weighted by Gasteiger charge is 2.24. The van der Waals surface area contributed by atoms with E-state index in [1.54, 1.807) is 18.3 Å². The highest BCUT2D eigenvalue weighted by Crippen LogP contribution is 2.29. The van der Waals surface area contributed by atoms with Crippen LogP contribution >= 0.6 is 15.9 Å². The molecule has 0 bridgehead atoms. The van der Waals surface area contributed by atoms with Gasteiger partial charge in [-0.3, -0.25) is 4.79 Å². The minimum atomic E-state index is -0.144. The zero-order valence-corrected chi connectivity index (χ0v) is 12.4. The smallest absolute Gasteiger partial charge is 0.269 e. The average Bonchev–Trinajstić information content (AvgIpc) is 2.45. The summed E-state index contributed by atoms with van der Waals surface area (Å²) < 4.78 is 0.858. The second-order valence-corrected chi connectivity index (χ2v) is 5.97. The van der Waals surface area contributed by atoms with Gasteiger partial charge in [-0.1, -0.05) is 12.8 Å². The zero-order valence-electron chi connectivity index (χ0n) is 10.8. The SMILES string of the molecule is O=C(NCC1CCCCC1CO)c1ccc(Br)cn1. The van der Waals surface area contributed by atoms with Gasteiger partial charge in [-0.2, -0.15) is 0 Å². The van der Waals surface area contributed by atoms with Gasteiger partial charge in [0, 0.05) is 23.8 Å². The third-order valence-corrected chi connectivity index (χ3v) is 4.25. The number of aliphatic hydroxyl groups is 1. The van der Waals surface area contributed by atoms with Crippen molar-refractivity contribution in [1.82, 2.24) is 10.3 Å². The predicted octanol–water partition coefficient (Wildman–Crippen LogP) is 2.37. The zero-order chi connectivity index (χ0) is 13.7. The molecule has 1 aliphatic carbocycles. The highest BCUT2D eigenvalue weighted by molar-refractivity contribution is 9.10. The van der Waals surface area contributed by atoms with E-state index >= 15 is 0 Å². The summed E-state index contributed by atoms with van der Waals surface area (Å²) in [5, 5.41) is 12.3. The molecular weight excluding hydrogens is 308 g/mol. The molecule has 5 heteroatoms. The van der Waals surface area contributed by atoms with Crippen molar-refractivity contribution in [3.8, 4) is 0 Å². The highest BCUT2D eigenvalue weighted by atomic mass is 79.9. The summed E-state index contributed by atoms with van der Waals surface area (Å²) >= 11 is 3.29. The fourth-order valence-electron chi connectivity index (χ4n) is 2.62. The number of aromatic nitrogens is 1. The molecule has 2 unspecified atom stereocenters. The topological polar surface area (TPSA) is 62.2 Å². The Hall–Kier alpha value is -0.940. The second kappa shape index (κ2) is 7.01. The van der Waals surface area contributed by atoms with Crippen LogP contribution in [0.3, 0.4) is 0 Å². The number of hydrogen-bond donors (Lipinski definition) is 2. The monoisotopic (exact) mass is 326 g/mol. The van der Waals surface area contributed by atoms with Gasteiger partial charge in [0.15, 0.2) is 0 Å². The Morgan fingerprint density at radius 2 is 2.11 bits per heavy atom. The fraction of sp³-hybridized carbons (Fsp3) is 0.571. The molecule has 0 aromatic carbocycles. The van der Waals surface area contributed by atoms with E-state index in [0.717, 1.165) is 17.3 Å². The molecule has 0 radical (unpaired) electrons. The van der Waals surface area contributed by atoms with Gasteiger partial charge in [-0.15, -0.1) is 0 Å². The molecule has 1 aliphatic rings. The largest absolute Gasteiger partial charge is 0.396 e. The van der Waals surface area contributed by atoms with Crippen LogP contribution in [0.25, 0.3) is 0 Å². The van der Waals surface area contributed by atoms with E-state index < -0.39 is 0 Å². The molecule has 0 saturated heterocycles. The van der Waals surface area contributed by atoms with Gasteiger partial charge in [0.25, 0.3) is 5.91 Å². The number of carbonyl (C=O) groups excluding carboxylic acids is 1. The lowest BCUT2D eigenvalue weighted by molar-refractivity contribution is 0.0904. The van der Waals surface area contributed by atoms with Crippen LogP contribution in [0.4, 0.5) is 0 Å². The first-order chi connectivity index (χ1) is 9.20. The number of halogens is 1. The van der Waals surface area contributed by atoms with E-state index in [9.17, 15) is 9.90 Å². The van der Waals surface area contributed by atoms with Crippen molar-refractivity contribution in [2.75, 3.05) is 13.2 Å². The minimum absolute atomic E-state index is 0.144. The van der Waals surface area contributed by atoms with Gasteiger partial charge in [0.2, 0.25) is 0 Å². The Balaban J connectivity index is 1.87. The summed E-state index contributed by atoms with van der Waals surface area (Å²) in [6.07, 6.45) is 6.14. The molecule has 1 aromatic heterocycles. The lowest BCUT2D eigenvalue weighted by Crippen LogP contribution is -2.35. The van der Waals surface area contributed by atoms with Crippen LogP contribution in [0, 0.1) is 11.8 Å². The quantitative estimate of drug-likeness (QED) is 0.892. The number of carbonyl (C=O) groups is 1. The molecule has 1 aromatic rings. The fourth-order valence-corrected chi connectivity index (χ4v) is 2.85. The van der Waals surface area contributed by atoms with Crippen LogP contribution in [-0.4, -0.2) is 29.1 Å². The third kappa shape index (κ3) is 4.01. The Morgan fingerprint density at radius 3 is 2.74 bits per heavy atom. The van der Waals surface area contributed by atoms with E-state index in [4.69, 9.17) is 0 Å². The van der Waals surface area contributed by atoms with E-state index in [-0.39, 0.29) is 12.5 Å². The molecule has 1 heterocycles. The molecule has 2 rings (SSSR count). The molecule has 0 aliphatic heterocycles. The van der Waals surface area contributed by atoms with Crippen molar-refractivity contribution in [2.24, 2.45) is 11.8 Å². The van der Waals surface area contributed by atoms with Crippen LogP contribution in [0.5, 0.6) is 0 Å². The maximum absolute atomic E-state index is 11.9. The molecular formula is C14H19BrN2O2. The molecule has 19 heavy (non-hydrogen) atoms. The molecule has 1 saturated carbocycles. The summed E-state index contributed by atoms with van der Waals surface area (Å²) in [5.41, 5.74) is 0.430. The van der Waals surface area contributed by atoms with Crippen molar-refractivity contribution in [3.63, 3.8) is 0 Å². The first-order valence-electron chi connectivity index (χ1n) is 6.71. The summed E-state index contributed by atoms with van der Waals surface area (Å²) in [4.78, 5) is 16.0. The van der Waals surface area contributed by atoms with Gasteiger partial charge in [-0.25, -0.2) is 4.98 Å². The van der Waals surface area contributed by atoms with Crippen molar-refractivity contribution < 1.29 is 9.90 Å².